The summed E-state index contributed by atoms with van der Waals surface area (Å²) < 4.78 is 41.3. The van der Waals surface area contributed by atoms with Crippen LogP contribution in [0.15, 0.2) is 88.4 Å². The number of ether oxygens (including phenoxy) is 2. The van der Waals surface area contributed by atoms with Crippen molar-refractivity contribution in [3.63, 3.8) is 0 Å². The molecule has 0 unspecified atom stereocenters. The quantitative estimate of drug-likeness (QED) is 0.271. The summed E-state index contributed by atoms with van der Waals surface area (Å²) in [5.41, 5.74) is 1.20. The Kier molecular flexibility index (Phi) is 6.48. The van der Waals surface area contributed by atoms with E-state index in [1.807, 2.05) is 0 Å². The topological polar surface area (TPSA) is 91.3 Å². The number of carbonyl (C=O) groups excluding carboxylic acids is 1. The summed E-state index contributed by atoms with van der Waals surface area (Å²) in [5.74, 6) is -0.237. The minimum absolute atomic E-state index is 0.0234. The van der Waals surface area contributed by atoms with Crippen LogP contribution in [-0.2, 0) is 19.6 Å². The van der Waals surface area contributed by atoms with Gasteiger partial charge in [0.25, 0.3) is 0 Å². The standard InChI is InChI=1S/C24H18ClNO6S/c1-2-30-22-14-16(11-12-21(22)32-33(28,29)19-9-4-3-5-10-19)13-20-24(27)31-23(26-20)17-7-6-8-18(25)15-17/h3-15H,2H2,1H3. The average Bonchev–Trinajstić information content (AvgIpc) is 3.16. The smallest absolute Gasteiger partial charge is 0.363 e. The maximum absolute atomic E-state index is 12.6. The fourth-order valence-corrected chi connectivity index (χ4v) is 4.17. The van der Waals surface area contributed by atoms with Gasteiger partial charge in [0.15, 0.2) is 17.2 Å². The van der Waals surface area contributed by atoms with Crippen LogP contribution < -0.4 is 8.92 Å². The Morgan fingerprint density at radius 1 is 1.00 bits per heavy atom. The molecule has 1 aliphatic heterocycles. The van der Waals surface area contributed by atoms with Gasteiger partial charge in [0.05, 0.1) is 6.61 Å². The fourth-order valence-electron chi connectivity index (χ4n) is 3.02. The van der Waals surface area contributed by atoms with Gasteiger partial charge in [-0.1, -0.05) is 41.9 Å². The Balaban J connectivity index is 1.64. The van der Waals surface area contributed by atoms with Crippen LogP contribution in [-0.4, -0.2) is 26.9 Å². The summed E-state index contributed by atoms with van der Waals surface area (Å²) in [4.78, 5) is 16.6. The molecule has 4 rings (SSSR count). The van der Waals surface area contributed by atoms with Crippen molar-refractivity contribution >= 4 is 39.7 Å². The second-order valence-corrected chi connectivity index (χ2v) is 8.82. The van der Waals surface area contributed by atoms with E-state index >= 15 is 0 Å². The number of hydrogen-bond donors (Lipinski definition) is 0. The van der Waals surface area contributed by atoms with Crippen molar-refractivity contribution in [2.45, 2.75) is 11.8 Å². The van der Waals surface area contributed by atoms with Gasteiger partial charge in [0.1, 0.15) is 4.90 Å². The first kappa shape index (κ1) is 22.6. The van der Waals surface area contributed by atoms with Crippen molar-refractivity contribution < 1.29 is 26.9 Å². The molecule has 0 amide bonds. The molecule has 0 radical (unpaired) electrons. The van der Waals surface area contributed by atoms with Gasteiger partial charge in [-0.15, -0.1) is 0 Å². The second kappa shape index (κ2) is 9.48. The largest absolute Gasteiger partial charge is 0.490 e. The molecule has 0 saturated heterocycles. The summed E-state index contributed by atoms with van der Waals surface area (Å²) in [7, 11) is -4.04. The summed E-state index contributed by atoms with van der Waals surface area (Å²) >= 11 is 5.99. The van der Waals surface area contributed by atoms with Crippen molar-refractivity contribution in [2.75, 3.05) is 6.61 Å². The van der Waals surface area contributed by atoms with Crippen LogP contribution in [0.25, 0.3) is 6.08 Å². The van der Waals surface area contributed by atoms with Crippen LogP contribution in [0.4, 0.5) is 0 Å². The third kappa shape index (κ3) is 5.24. The van der Waals surface area contributed by atoms with Crippen LogP contribution in [0.3, 0.4) is 0 Å². The Morgan fingerprint density at radius 2 is 1.79 bits per heavy atom. The van der Waals surface area contributed by atoms with E-state index in [1.54, 1.807) is 61.5 Å². The van der Waals surface area contributed by atoms with Crippen molar-refractivity contribution in [3.05, 3.63) is 94.6 Å². The van der Waals surface area contributed by atoms with Crippen LogP contribution in [0.1, 0.15) is 18.1 Å². The molecule has 33 heavy (non-hydrogen) atoms. The minimum Gasteiger partial charge on any atom is -0.490 e. The number of cyclic esters (lactones) is 1. The molecule has 0 saturated carbocycles. The first-order valence-corrected chi connectivity index (χ1v) is 11.7. The van der Waals surface area contributed by atoms with Gasteiger partial charge < -0.3 is 13.7 Å². The second-order valence-electron chi connectivity index (χ2n) is 6.84. The van der Waals surface area contributed by atoms with Crippen LogP contribution in [0.5, 0.6) is 11.5 Å². The van der Waals surface area contributed by atoms with Crippen molar-refractivity contribution in [2.24, 2.45) is 4.99 Å². The predicted molar refractivity (Wildman–Crippen MR) is 124 cm³/mol. The highest BCUT2D eigenvalue weighted by Gasteiger charge is 2.25. The lowest BCUT2D eigenvalue weighted by atomic mass is 10.1. The number of nitrogens with zero attached hydrogens (tertiary/aromatic N) is 1. The number of hydrogen-bond acceptors (Lipinski definition) is 7. The third-order valence-electron chi connectivity index (χ3n) is 4.49. The zero-order valence-corrected chi connectivity index (χ0v) is 19.0. The lowest BCUT2D eigenvalue weighted by Crippen LogP contribution is -2.10. The van der Waals surface area contributed by atoms with Crippen molar-refractivity contribution in [3.8, 4) is 11.5 Å². The molecule has 0 spiro atoms. The van der Waals surface area contributed by atoms with E-state index in [4.69, 9.17) is 25.3 Å². The molecule has 0 aromatic heterocycles. The summed E-state index contributed by atoms with van der Waals surface area (Å²) in [5, 5.41) is 0.492. The molecule has 1 aliphatic rings. The molecule has 168 valence electrons. The monoisotopic (exact) mass is 483 g/mol. The Bertz CT molecular complexity index is 1370. The van der Waals surface area contributed by atoms with Gasteiger partial charge in [-0.3, -0.25) is 0 Å². The summed E-state index contributed by atoms with van der Waals surface area (Å²) in [6.07, 6.45) is 1.51. The lowest BCUT2D eigenvalue weighted by Gasteiger charge is -2.12. The zero-order chi connectivity index (χ0) is 23.4. The predicted octanol–water partition coefficient (Wildman–Crippen LogP) is 4.85. The molecule has 3 aromatic carbocycles. The highest BCUT2D eigenvalue weighted by Crippen LogP contribution is 2.32. The molecular formula is C24H18ClNO6S. The van der Waals surface area contributed by atoms with Gasteiger partial charge in [0.2, 0.25) is 5.90 Å². The first-order chi connectivity index (χ1) is 15.9. The average molecular weight is 484 g/mol. The van der Waals surface area contributed by atoms with Gasteiger partial charge in [-0.05, 0) is 61.0 Å². The van der Waals surface area contributed by atoms with Crippen LogP contribution in [0.2, 0.25) is 5.02 Å². The molecular weight excluding hydrogens is 466 g/mol. The highest BCUT2D eigenvalue weighted by atomic mass is 35.5. The number of rotatable bonds is 7. The first-order valence-electron chi connectivity index (χ1n) is 9.90. The molecule has 0 N–H and O–H groups in total. The Morgan fingerprint density at radius 3 is 2.52 bits per heavy atom. The number of benzene rings is 3. The van der Waals surface area contributed by atoms with E-state index in [0.29, 0.717) is 16.1 Å². The number of carbonyl (C=O) groups is 1. The molecule has 0 atom stereocenters. The normalized spacial score (nSPS) is 14.7. The van der Waals surface area contributed by atoms with E-state index in [-0.39, 0.29) is 34.6 Å². The van der Waals surface area contributed by atoms with Gasteiger partial charge in [-0.2, -0.15) is 8.42 Å². The molecule has 7 nitrogen and oxygen atoms in total. The van der Waals surface area contributed by atoms with Crippen LogP contribution in [0, 0.1) is 0 Å². The highest BCUT2D eigenvalue weighted by molar-refractivity contribution is 7.87. The Labute approximate surface area is 196 Å². The third-order valence-corrected chi connectivity index (χ3v) is 5.98. The number of aliphatic imine (C=N–C) groups is 1. The van der Waals surface area contributed by atoms with E-state index in [0.717, 1.165) is 0 Å². The summed E-state index contributed by atoms with van der Waals surface area (Å²) in [6.45, 7) is 2.04. The fraction of sp³-hybridized carbons (Fsp3) is 0.0833. The molecule has 3 aromatic rings. The van der Waals surface area contributed by atoms with E-state index in [2.05, 4.69) is 4.99 Å². The molecule has 0 bridgehead atoms. The van der Waals surface area contributed by atoms with Gasteiger partial charge in [-0.25, -0.2) is 9.79 Å². The molecule has 1 heterocycles. The molecule has 9 heteroatoms. The van der Waals surface area contributed by atoms with Crippen molar-refractivity contribution in [1.29, 1.82) is 0 Å². The van der Waals surface area contributed by atoms with Crippen molar-refractivity contribution in [1.82, 2.24) is 0 Å². The van der Waals surface area contributed by atoms with Gasteiger partial charge >= 0.3 is 16.1 Å². The van der Waals surface area contributed by atoms with E-state index in [9.17, 15) is 13.2 Å². The van der Waals surface area contributed by atoms with Crippen LogP contribution >= 0.6 is 11.6 Å². The molecule has 0 aliphatic carbocycles. The minimum atomic E-state index is -4.04. The van der Waals surface area contributed by atoms with E-state index in [1.165, 1.54) is 24.3 Å². The zero-order valence-electron chi connectivity index (χ0n) is 17.4. The molecule has 0 fully saturated rings. The maximum Gasteiger partial charge on any atom is 0.363 e. The van der Waals surface area contributed by atoms with E-state index < -0.39 is 16.1 Å². The number of esters is 1. The number of halogens is 1. The summed E-state index contributed by atoms with van der Waals surface area (Å²) in [6, 6.07) is 19.2. The SMILES string of the molecule is CCOc1cc(C=C2N=C(c3cccc(Cl)c3)OC2=O)ccc1OS(=O)(=O)c1ccccc1. The van der Waals surface area contributed by atoms with Gasteiger partial charge in [0, 0.05) is 10.6 Å². The Hall–Kier alpha value is -3.62. The lowest BCUT2D eigenvalue weighted by molar-refractivity contribution is -0.129. The maximum atomic E-state index is 12.6.